The van der Waals surface area contributed by atoms with Crippen LogP contribution in [0.3, 0.4) is 0 Å². The van der Waals surface area contributed by atoms with E-state index in [4.69, 9.17) is 0 Å². The summed E-state index contributed by atoms with van der Waals surface area (Å²) in [6.07, 6.45) is 1.52. The molecule has 1 N–H and O–H groups in total. The van der Waals surface area contributed by atoms with Crippen LogP contribution in [0.2, 0.25) is 0 Å². The van der Waals surface area contributed by atoms with Gasteiger partial charge < -0.3 is 19.8 Å². The van der Waals surface area contributed by atoms with E-state index in [1.807, 2.05) is 45.9 Å². The normalized spacial score (nSPS) is 19.9. The van der Waals surface area contributed by atoms with Crippen molar-refractivity contribution in [1.29, 1.82) is 0 Å². The van der Waals surface area contributed by atoms with Crippen molar-refractivity contribution in [3.8, 4) is 5.75 Å². The van der Waals surface area contributed by atoms with Gasteiger partial charge in [0, 0.05) is 56.4 Å². The molecule has 7 heteroatoms. The maximum atomic E-state index is 12.4. The van der Waals surface area contributed by atoms with Crippen LogP contribution >= 0.6 is 0 Å². The number of hydrogen-bond acceptors (Lipinski definition) is 7. The number of aryl methyl sites for hydroxylation is 1. The summed E-state index contributed by atoms with van der Waals surface area (Å²) >= 11 is 0. The van der Waals surface area contributed by atoms with E-state index in [2.05, 4.69) is 4.98 Å². The van der Waals surface area contributed by atoms with E-state index in [1.165, 1.54) is 6.08 Å². The first-order valence-electron chi connectivity index (χ1n) is 9.88. The Morgan fingerprint density at radius 2 is 1.52 bits per heavy atom. The number of Topliss-reactive ketones (excluding diaryl/α,β-unsaturated/α-hetero) is 1. The van der Waals surface area contributed by atoms with E-state index >= 15 is 0 Å². The number of aromatic hydroxyl groups is 1. The summed E-state index contributed by atoms with van der Waals surface area (Å²) in [5, 5.41) is 10.4. The van der Waals surface area contributed by atoms with Crippen LogP contribution in [0.25, 0.3) is 10.9 Å². The van der Waals surface area contributed by atoms with E-state index in [0.717, 1.165) is 50.3 Å². The highest BCUT2D eigenvalue weighted by Gasteiger charge is 2.43. The number of allylic oxidation sites excluding steroid dienone is 1. The number of nitrogens with zero attached hydrogens (tertiary/aromatic N) is 4. The Bertz CT molecular complexity index is 1090. The predicted molar refractivity (Wildman–Crippen MR) is 108 cm³/mol. The average molecular weight is 390 g/mol. The van der Waals surface area contributed by atoms with Crippen molar-refractivity contribution in [2.45, 2.75) is 6.92 Å². The second kappa shape index (κ2) is 6.62. The van der Waals surface area contributed by atoms with Crippen LogP contribution in [-0.4, -0.2) is 75.6 Å². The van der Waals surface area contributed by atoms with Gasteiger partial charge in [-0.15, -0.1) is 0 Å². The summed E-state index contributed by atoms with van der Waals surface area (Å²) in [6.45, 7) is 7.31. The predicted octanol–water partition coefficient (Wildman–Crippen LogP) is 1.43. The second-order valence-electron chi connectivity index (χ2n) is 7.68. The lowest BCUT2D eigenvalue weighted by Crippen LogP contribution is -2.29. The lowest BCUT2D eigenvalue weighted by Gasteiger charge is -2.21. The zero-order valence-electron chi connectivity index (χ0n) is 16.3. The fourth-order valence-electron chi connectivity index (χ4n) is 3.50. The highest BCUT2D eigenvalue weighted by molar-refractivity contribution is 6.22. The molecule has 0 radical (unpaired) electrons. The lowest BCUT2D eigenvalue weighted by molar-refractivity contribution is -0.117. The molecule has 3 saturated heterocycles. The van der Waals surface area contributed by atoms with Crippen LogP contribution in [0.5, 0.6) is 5.75 Å². The molecule has 7 nitrogen and oxygen atoms in total. The average Bonchev–Trinajstić information content (AvgIpc) is 3.56. The molecule has 148 valence electrons. The number of rotatable bonds is 3. The largest absolute Gasteiger partial charge is 0.506 e. The van der Waals surface area contributed by atoms with E-state index in [9.17, 15) is 14.7 Å². The number of ketones is 2. The van der Waals surface area contributed by atoms with Gasteiger partial charge in [0.15, 0.2) is 0 Å². The third-order valence-corrected chi connectivity index (χ3v) is 5.33. The molecule has 3 fully saturated rings. The van der Waals surface area contributed by atoms with Crippen LogP contribution in [0.1, 0.15) is 5.69 Å². The molecule has 0 amide bonds. The van der Waals surface area contributed by atoms with E-state index in [0.29, 0.717) is 22.6 Å². The van der Waals surface area contributed by atoms with E-state index in [1.54, 1.807) is 6.07 Å². The van der Waals surface area contributed by atoms with E-state index < -0.39 is 0 Å². The molecule has 0 unspecified atom stereocenters. The number of fused-ring (bicyclic) bond motifs is 1. The van der Waals surface area contributed by atoms with Crippen molar-refractivity contribution in [3.05, 3.63) is 59.2 Å². The summed E-state index contributed by atoms with van der Waals surface area (Å²) in [5.74, 6) is 0.295. The van der Waals surface area contributed by atoms with Crippen LogP contribution in [0, 0.1) is 6.92 Å². The maximum Gasteiger partial charge on any atom is 0.227 e. The minimum atomic E-state index is 0.00546. The molecular weight excluding hydrogens is 368 g/mol. The Balaban J connectivity index is 0.000000134. The molecule has 0 spiro atoms. The van der Waals surface area contributed by atoms with Gasteiger partial charge in [0.05, 0.1) is 5.70 Å². The fourth-order valence-corrected chi connectivity index (χ4v) is 3.50. The van der Waals surface area contributed by atoms with Crippen LogP contribution in [0.15, 0.2) is 53.5 Å². The molecule has 4 aliphatic rings. The van der Waals surface area contributed by atoms with Crippen molar-refractivity contribution < 1.29 is 14.7 Å². The van der Waals surface area contributed by atoms with E-state index in [-0.39, 0.29) is 17.3 Å². The fraction of sp³-hybridized carbons (Fsp3) is 0.318. The number of para-hydroxylation sites is 1. The quantitative estimate of drug-likeness (QED) is 0.628. The smallest absolute Gasteiger partial charge is 0.227 e. The van der Waals surface area contributed by atoms with Crippen molar-refractivity contribution in [2.24, 2.45) is 0 Å². The minimum Gasteiger partial charge on any atom is -0.506 e. The highest BCUT2D eigenvalue weighted by atomic mass is 16.3. The Morgan fingerprint density at radius 1 is 0.862 bits per heavy atom. The van der Waals surface area contributed by atoms with Crippen LogP contribution in [0.4, 0.5) is 0 Å². The number of hydrogen-bond donors (Lipinski definition) is 1. The van der Waals surface area contributed by atoms with Gasteiger partial charge in [0.25, 0.3) is 0 Å². The zero-order chi connectivity index (χ0) is 20.1. The molecule has 0 bridgehead atoms. The Morgan fingerprint density at radius 3 is 2.17 bits per heavy atom. The van der Waals surface area contributed by atoms with Gasteiger partial charge in [-0.1, -0.05) is 18.2 Å². The second-order valence-corrected chi connectivity index (χ2v) is 7.68. The minimum absolute atomic E-state index is 0.00546. The van der Waals surface area contributed by atoms with Gasteiger partial charge in [-0.25, -0.2) is 4.98 Å². The molecule has 1 aromatic carbocycles. The Kier molecular flexibility index (Phi) is 4.04. The number of benzene rings is 1. The molecule has 3 aliphatic heterocycles. The van der Waals surface area contributed by atoms with Crippen LogP contribution < -0.4 is 0 Å². The summed E-state index contributed by atoms with van der Waals surface area (Å²) in [4.78, 5) is 34.7. The summed E-state index contributed by atoms with van der Waals surface area (Å²) in [6, 6.07) is 9.28. The molecule has 1 aliphatic carbocycles. The Hall–Kier alpha value is -3.35. The van der Waals surface area contributed by atoms with Crippen LogP contribution in [-0.2, 0) is 9.59 Å². The van der Waals surface area contributed by atoms with Gasteiger partial charge in [-0.2, -0.15) is 0 Å². The molecular formula is C22H22N4O3. The number of phenols is 1. The van der Waals surface area contributed by atoms with Crippen molar-refractivity contribution in [3.63, 3.8) is 0 Å². The first kappa shape index (κ1) is 17.7. The highest BCUT2D eigenvalue weighted by Crippen LogP contribution is 2.33. The maximum absolute atomic E-state index is 12.4. The topological polar surface area (TPSA) is 76.3 Å². The third kappa shape index (κ3) is 3.44. The number of pyridine rings is 1. The summed E-state index contributed by atoms with van der Waals surface area (Å²) in [7, 11) is 0. The Labute approximate surface area is 168 Å². The standard InChI is InChI=1S/C12H13N3O2.C10H9NO/c16-9-7-8(13-1-2-13)12(17)11(15-5-6-15)10(9)14-3-4-14;1-7-5-6-8-3-2-4-9(12)10(8)11-7/h7H,1-6H2;2-6,12H,1H3. The molecule has 0 atom stereocenters. The third-order valence-electron chi connectivity index (χ3n) is 5.33. The van der Waals surface area contributed by atoms with Crippen molar-refractivity contribution in [2.75, 3.05) is 39.3 Å². The first-order valence-corrected chi connectivity index (χ1v) is 9.88. The molecule has 6 rings (SSSR count). The van der Waals surface area contributed by atoms with Gasteiger partial charge in [-0.05, 0) is 19.1 Å². The number of carbonyl (C=O) groups is 2. The van der Waals surface area contributed by atoms with Gasteiger partial charge >= 0.3 is 0 Å². The molecule has 4 heterocycles. The number of aromatic nitrogens is 1. The van der Waals surface area contributed by atoms with Gasteiger partial charge in [0.2, 0.25) is 11.6 Å². The monoisotopic (exact) mass is 390 g/mol. The van der Waals surface area contributed by atoms with Gasteiger partial charge in [0.1, 0.15) is 22.7 Å². The molecule has 0 saturated carbocycles. The van der Waals surface area contributed by atoms with Gasteiger partial charge in [-0.3, -0.25) is 9.59 Å². The summed E-state index contributed by atoms with van der Waals surface area (Å²) < 4.78 is 0. The van der Waals surface area contributed by atoms with Crippen molar-refractivity contribution in [1.82, 2.24) is 19.7 Å². The lowest BCUT2D eigenvalue weighted by atomic mass is 10.0. The molecule has 2 aromatic rings. The number of carbonyl (C=O) groups excluding carboxylic acids is 2. The first-order chi connectivity index (χ1) is 14.0. The zero-order valence-corrected chi connectivity index (χ0v) is 16.3. The summed E-state index contributed by atoms with van der Waals surface area (Å²) in [5.41, 5.74) is 3.49. The molecule has 1 aromatic heterocycles. The SMILES string of the molecule is Cc1ccc2cccc(O)c2n1.O=C1C=C(N2CC2)C(=O)C(N2CC2)=C1N1CC1. The number of phenolic OH excluding ortho intramolecular Hbond substituents is 1. The van der Waals surface area contributed by atoms with Crippen molar-refractivity contribution >= 4 is 22.5 Å². The molecule has 29 heavy (non-hydrogen) atoms.